The van der Waals surface area contributed by atoms with Gasteiger partial charge >= 0.3 is 12.0 Å². The number of hydrogen-bond donors (Lipinski definition) is 2. The molecule has 1 aromatic carbocycles. The molecular formula is C20H26N2O4. The second kappa shape index (κ2) is 7.81. The van der Waals surface area contributed by atoms with E-state index in [-0.39, 0.29) is 18.1 Å². The molecule has 0 bridgehead atoms. The molecular weight excluding hydrogens is 332 g/mol. The predicted molar refractivity (Wildman–Crippen MR) is 97.6 cm³/mol. The topological polar surface area (TPSA) is 76.7 Å². The van der Waals surface area contributed by atoms with E-state index in [1.54, 1.807) is 6.92 Å². The van der Waals surface area contributed by atoms with Crippen molar-refractivity contribution in [1.29, 1.82) is 0 Å². The highest BCUT2D eigenvalue weighted by Crippen LogP contribution is 2.35. The van der Waals surface area contributed by atoms with Gasteiger partial charge in [-0.2, -0.15) is 0 Å². The summed E-state index contributed by atoms with van der Waals surface area (Å²) in [6, 6.07) is 6.49. The summed E-state index contributed by atoms with van der Waals surface area (Å²) < 4.78 is 11.5. The van der Waals surface area contributed by atoms with Crippen LogP contribution in [0.4, 0.5) is 4.79 Å². The lowest BCUT2D eigenvalue weighted by molar-refractivity contribution is -0.146. The van der Waals surface area contributed by atoms with Crippen molar-refractivity contribution < 1.29 is 19.1 Å². The standard InChI is InChI=1S/C20H26N2O4/c1-4-25-16-10-6-5-9-14(16)18-17(13(3)21-20(24)22-18)19(23)26-15-11-7-8-12(15)2/h5-6,9-10,12,15,18H,4,7-8,11H2,1-3H3,(H2,21,22,24)/t12-,15-,18-/m0/s1. The van der Waals surface area contributed by atoms with E-state index in [0.717, 1.165) is 24.8 Å². The minimum atomic E-state index is -0.601. The molecule has 3 atom stereocenters. The third-order valence-electron chi connectivity index (χ3n) is 5.06. The van der Waals surface area contributed by atoms with E-state index in [9.17, 15) is 9.59 Å². The zero-order chi connectivity index (χ0) is 18.7. The number of carbonyl (C=O) groups is 2. The van der Waals surface area contributed by atoms with Crippen molar-refractivity contribution in [2.24, 2.45) is 5.92 Å². The van der Waals surface area contributed by atoms with Crippen molar-refractivity contribution in [3.63, 3.8) is 0 Å². The highest BCUT2D eigenvalue weighted by atomic mass is 16.5. The Hall–Kier alpha value is -2.50. The minimum Gasteiger partial charge on any atom is -0.494 e. The van der Waals surface area contributed by atoms with E-state index >= 15 is 0 Å². The summed E-state index contributed by atoms with van der Waals surface area (Å²) >= 11 is 0. The highest BCUT2D eigenvalue weighted by molar-refractivity contribution is 5.95. The lowest BCUT2D eigenvalue weighted by atomic mass is 9.94. The molecule has 6 heteroatoms. The van der Waals surface area contributed by atoms with Crippen LogP contribution in [0.15, 0.2) is 35.5 Å². The van der Waals surface area contributed by atoms with Gasteiger partial charge < -0.3 is 20.1 Å². The number of amides is 2. The fourth-order valence-electron chi connectivity index (χ4n) is 3.69. The molecule has 0 unspecified atom stereocenters. The van der Waals surface area contributed by atoms with Crippen LogP contribution in [0.1, 0.15) is 51.6 Å². The Bertz CT molecular complexity index is 728. The molecule has 6 nitrogen and oxygen atoms in total. The Morgan fingerprint density at radius 2 is 2.04 bits per heavy atom. The van der Waals surface area contributed by atoms with Gasteiger partial charge in [-0.25, -0.2) is 9.59 Å². The third-order valence-corrected chi connectivity index (χ3v) is 5.06. The smallest absolute Gasteiger partial charge is 0.338 e. The molecule has 1 aliphatic heterocycles. The summed E-state index contributed by atoms with van der Waals surface area (Å²) in [5.74, 6) is 0.625. The Labute approximate surface area is 153 Å². The highest BCUT2D eigenvalue weighted by Gasteiger charge is 2.36. The maximum absolute atomic E-state index is 13.0. The van der Waals surface area contributed by atoms with Gasteiger partial charge in [0, 0.05) is 11.3 Å². The van der Waals surface area contributed by atoms with Gasteiger partial charge in [-0.3, -0.25) is 0 Å². The van der Waals surface area contributed by atoms with E-state index in [0.29, 0.717) is 29.5 Å². The number of allylic oxidation sites excluding steroid dienone is 1. The SMILES string of the molecule is CCOc1ccccc1[C@@H]1NC(=O)NC(C)=C1C(=O)O[C@H]1CCC[C@@H]1C. The van der Waals surface area contributed by atoms with Crippen LogP contribution in [0.2, 0.25) is 0 Å². The molecule has 2 amide bonds. The van der Waals surface area contributed by atoms with Gasteiger partial charge in [-0.15, -0.1) is 0 Å². The molecule has 1 aliphatic carbocycles. The first-order valence-electron chi connectivity index (χ1n) is 9.22. The van der Waals surface area contributed by atoms with Gasteiger partial charge in [0.1, 0.15) is 11.9 Å². The Kier molecular flexibility index (Phi) is 5.49. The maximum Gasteiger partial charge on any atom is 0.338 e. The molecule has 2 aliphatic rings. The van der Waals surface area contributed by atoms with Gasteiger partial charge in [-0.05, 0) is 45.1 Å². The molecule has 0 aromatic heterocycles. The number of carbonyl (C=O) groups excluding carboxylic acids is 2. The lowest BCUT2D eigenvalue weighted by Gasteiger charge is -2.30. The monoisotopic (exact) mass is 358 g/mol. The largest absolute Gasteiger partial charge is 0.494 e. The van der Waals surface area contributed by atoms with Crippen molar-refractivity contribution in [3.05, 3.63) is 41.1 Å². The van der Waals surface area contributed by atoms with E-state index in [1.165, 1.54) is 0 Å². The average Bonchev–Trinajstić information content (AvgIpc) is 2.99. The number of para-hydroxylation sites is 1. The molecule has 0 spiro atoms. The van der Waals surface area contributed by atoms with Gasteiger partial charge in [-0.1, -0.05) is 25.1 Å². The van der Waals surface area contributed by atoms with Crippen LogP contribution in [-0.2, 0) is 9.53 Å². The Morgan fingerprint density at radius 3 is 2.73 bits per heavy atom. The minimum absolute atomic E-state index is 0.0665. The zero-order valence-electron chi connectivity index (χ0n) is 15.5. The van der Waals surface area contributed by atoms with Crippen LogP contribution in [0.25, 0.3) is 0 Å². The van der Waals surface area contributed by atoms with E-state index in [4.69, 9.17) is 9.47 Å². The second-order valence-corrected chi connectivity index (χ2v) is 6.89. The summed E-state index contributed by atoms with van der Waals surface area (Å²) in [7, 11) is 0. The van der Waals surface area contributed by atoms with Crippen LogP contribution in [0.5, 0.6) is 5.75 Å². The Morgan fingerprint density at radius 1 is 1.27 bits per heavy atom. The summed E-state index contributed by atoms with van der Waals surface area (Å²) in [5, 5.41) is 5.53. The third kappa shape index (κ3) is 3.69. The van der Waals surface area contributed by atoms with Crippen molar-refractivity contribution >= 4 is 12.0 Å². The molecule has 3 rings (SSSR count). The summed E-state index contributed by atoms with van der Waals surface area (Å²) in [5.41, 5.74) is 1.69. The van der Waals surface area contributed by atoms with Crippen LogP contribution in [0, 0.1) is 5.92 Å². The molecule has 0 radical (unpaired) electrons. The van der Waals surface area contributed by atoms with Crippen LogP contribution in [-0.4, -0.2) is 24.7 Å². The molecule has 1 heterocycles. The van der Waals surface area contributed by atoms with Crippen LogP contribution >= 0.6 is 0 Å². The number of hydrogen-bond acceptors (Lipinski definition) is 4. The molecule has 2 N–H and O–H groups in total. The number of urea groups is 1. The van der Waals surface area contributed by atoms with Crippen molar-refractivity contribution in [2.45, 2.75) is 52.2 Å². The van der Waals surface area contributed by atoms with Gasteiger partial charge in [0.25, 0.3) is 0 Å². The predicted octanol–water partition coefficient (Wildman–Crippen LogP) is 3.45. The van der Waals surface area contributed by atoms with Gasteiger partial charge in [0.2, 0.25) is 0 Å². The fourth-order valence-corrected chi connectivity index (χ4v) is 3.69. The van der Waals surface area contributed by atoms with E-state index in [1.807, 2.05) is 31.2 Å². The number of benzene rings is 1. The number of nitrogens with one attached hydrogen (secondary N) is 2. The van der Waals surface area contributed by atoms with Gasteiger partial charge in [0.15, 0.2) is 0 Å². The molecule has 1 fully saturated rings. The van der Waals surface area contributed by atoms with Crippen LogP contribution < -0.4 is 15.4 Å². The van der Waals surface area contributed by atoms with Crippen molar-refractivity contribution in [1.82, 2.24) is 10.6 Å². The molecule has 26 heavy (non-hydrogen) atoms. The molecule has 1 saturated carbocycles. The summed E-state index contributed by atoms with van der Waals surface area (Å²) in [6.07, 6.45) is 2.96. The van der Waals surface area contributed by atoms with Gasteiger partial charge in [0.05, 0.1) is 18.2 Å². The molecule has 140 valence electrons. The first kappa shape index (κ1) is 18.3. The quantitative estimate of drug-likeness (QED) is 0.791. The maximum atomic E-state index is 13.0. The first-order chi connectivity index (χ1) is 12.5. The van der Waals surface area contributed by atoms with Crippen molar-refractivity contribution in [2.75, 3.05) is 6.61 Å². The molecule has 1 aromatic rings. The zero-order valence-corrected chi connectivity index (χ0v) is 15.5. The first-order valence-corrected chi connectivity index (χ1v) is 9.22. The van der Waals surface area contributed by atoms with E-state index in [2.05, 4.69) is 17.6 Å². The summed E-state index contributed by atoms with van der Waals surface area (Å²) in [6.45, 7) is 6.23. The number of esters is 1. The van der Waals surface area contributed by atoms with Crippen LogP contribution in [0.3, 0.4) is 0 Å². The van der Waals surface area contributed by atoms with E-state index < -0.39 is 6.04 Å². The van der Waals surface area contributed by atoms with Crippen molar-refractivity contribution in [3.8, 4) is 5.75 Å². The lowest BCUT2D eigenvalue weighted by Crippen LogP contribution is -2.45. The average molecular weight is 358 g/mol. The fraction of sp³-hybridized carbons (Fsp3) is 0.500. The molecule has 0 saturated heterocycles. The number of rotatable bonds is 5. The second-order valence-electron chi connectivity index (χ2n) is 6.89. The number of ether oxygens (including phenoxy) is 2. The Balaban J connectivity index is 1.93. The summed E-state index contributed by atoms with van der Waals surface area (Å²) in [4.78, 5) is 25.0. The normalized spacial score (nSPS) is 25.5.